The Kier molecular flexibility index (Phi) is 7.08. The predicted molar refractivity (Wildman–Crippen MR) is 134 cm³/mol. The van der Waals surface area contributed by atoms with Crippen LogP contribution in [0.15, 0.2) is 82.4 Å². The van der Waals surface area contributed by atoms with E-state index in [1.807, 2.05) is 24.3 Å². The molecule has 4 aromatic rings. The van der Waals surface area contributed by atoms with Crippen LogP contribution in [0.25, 0.3) is 22.2 Å². The topological polar surface area (TPSA) is 122 Å². The van der Waals surface area contributed by atoms with E-state index in [0.717, 1.165) is 10.9 Å². The van der Waals surface area contributed by atoms with Crippen LogP contribution >= 0.6 is 12.8 Å². The first-order valence-electron chi connectivity index (χ1n) is 10.6. The SMILES string of the molecule is CNC(=O)N(S)S(=O)(=O)c1cc(CCNC(=O)c2cnc3ccccc3c2)ccc1-c1ccco1. The molecule has 9 nitrogen and oxygen atoms in total. The molecule has 2 N–H and O–H groups in total. The molecular weight excluding hydrogens is 488 g/mol. The van der Waals surface area contributed by atoms with Crippen LogP contribution < -0.4 is 10.6 Å². The van der Waals surface area contributed by atoms with Crippen LogP contribution in [0.1, 0.15) is 15.9 Å². The summed E-state index contributed by atoms with van der Waals surface area (Å²) in [5, 5.41) is 5.92. The number of furan rings is 1. The number of amides is 3. The molecule has 3 amide bonds. The summed E-state index contributed by atoms with van der Waals surface area (Å²) in [5.41, 5.74) is 2.14. The smallest absolute Gasteiger partial charge is 0.341 e. The average molecular weight is 511 g/mol. The number of hydrogen-bond acceptors (Lipinski definition) is 7. The van der Waals surface area contributed by atoms with Gasteiger partial charge in [-0.2, -0.15) is 12.1 Å². The molecule has 0 radical (unpaired) electrons. The van der Waals surface area contributed by atoms with Crippen molar-refractivity contribution in [2.75, 3.05) is 13.6 Å². The molecule has 0 spiro atoms. The van der Waals surface area contributed by atoms with Gasteiger partial charge in [0.15, 0.2) is 0 Å². The molecule has 0 bridgehead atoms. The summed E-state index contributed by atoms with van der Waals surface area (Å²) in [6, 6.07) is 16.4. The molecule has 35 heavy (non-hydrogen) atoms. The summed E-state index contributed by atoms with van der Waals surface area (Å²) in [6.45, 7) is 0.255. The number of nitrogens with zero attached hydrogens (tertiary/aromatic N) is 2. The van der Waals surface area contributed by atoms with Gasteiger partial charge in [0, 0.05) is 30.7 Å². The summed E-state index contributed by atoms with van der Waals surface area (Å²) in [5.74, 6) is 0.0373. The second-order valence-corrected chi connectivity index (χ2v) is 9.96. The van der Waals surface area contributed by atoms with Crippen LogP contribution in [0, 0.1) is 0 Å². The van der Waals surface area contributed by atoms with E-state index in [-0.39, 0.29) is 22.9 Å². The number of sulfonamides is 1. The maximum atomic E-state index is 13.1. The first-order chi connectivity index (χ1) is 16.8. The normalized spacial score (nSPS) is 11.3. The van der Waals surface area contributed by atoms with Crippen LogP contribution in [0.5, 0.6) is 0 Å². The Morgan fingerprint density at radius 1 is 1.09 bits per heavy atom. The second kappa shape index (κ2) is 10.2. The molecular formula is C24H22N4O5S2. The highest BCUT2D eigenvalue weighted by Crippen LogP contribution is 2.31. The number of para-hydroxylation sites is 1. The predicted octanol–water partition coefficient (Wildman–Crippen LogP) is 3.64. The van der Waals surface area contributed by atoms with Crippen molar-refractivity contribution >= 4 is 45.7 Å². The van der Waals surface area contributed by atoms with E-state index in [1.165, 1.54) is 25.6 Å². The summed E-state index contributed by atoms with van der Waals surface area (Å²) < 4.78 is 32.0. The van der Waals surface area contributed by atoms with E-state index in [9.17, 15) is 18.0 Å². The number of hydrogen-bond donors (Lipinski definition) is 3. The third-order valence-electron chi connectivity index (χ3n) is 5.28. The number of carbonyl (C=O) groups is 2. The van der Waals surface area contributed by atoms with Gasteiger partial charge in [-0.05, 0) is 61.2 Å². The van der Waals surface area contributed by atoms with Gasteiger partial charge in [-0.15, -0.1) is 0 Å². The molecule has 2 aromatic heterocycles. The number of nitrogens with one attached hydrogen (secondary N) is 2. The number of benzene rings is 2. The minimum Gasteiger partial charge on any atom is -0.464 e. The Morgan fingerprint density at radius 2 is 1.89 bits per heavy atom. The maximum Gasteiger partial charge on any atom is 0.341 e. The highest BCUT2D eigenvalue weighted by atomic mass is 32.3. The lowest BCUT2D eigenvalue weighted by molar-refractivity contribution is 0.0954. The molecule has 4 rings (SSSR count). The van der Waals surface area contributed by atoms with Crippen LogP contribution in [0.3, 0.4) is 0 Å². The highest BCUT2D eigenvalue weighted by molar-refractivity contribution is 8.00. The molecule has 0 fully saturated rings. The number of carbonyl (C=O) groups excluding carboxylic acids is 2. The lowest BCUT2D eigenvalue weighted by atomic mass is 10.1. The lowest BCUT2D eigenvalue weighted by Gasteiger charge is -2.18. The van der Waals surface area contributed by atoms with Crippen LogP contribution in [-0.4, -0.2) is 42.6 Å². The molecule has 0 unspecified atom stereocenters. The number of aromatic nitrogens is 1. The quantitative estimate of drug-likeness (QED) is 0.327. The van der Waals surface area contributed by atoms with Crippen molar-refractivity contribution in [3.63, 3.8) is 0 Å². The molecule has 180 valence electrons. The summed E-state index contributed by atoms with van der Waals surface area (Å²) >= 11 is 3.88. The van der Waals surface area contributed by atoms with E-state index in [1.54, 1.807) is 30.3 Å². The molecule has 0 aliphatic carbocycles. The number of thiol groups is 1. The zero-order valence-corrected chi connectivity index (χ0v) is 20.3. The van der Waals surface area contributed by atoms with Crippen molar-refractivity contribution in [1.29, 1.82) is 0 Å². The van der Waals surface area contributed by atoms with E-state index < -0.39 is 16.1 Å². The lowest BCUT2D eigenvalue weighted by Crippen LogP contribution is -2.36. The van der Waals surface area contributed by atoms with E-state index >= 15 is 0 Å². The summed E-state index contributed by atoms with van der Waals surface area (Å²) in [7, 11) is -3.00. The summed E-state index contributed by atoms with van der Waals surface area (Å²) in [4.78, 5) is 28.7. The van der Waals surface area contributed by atoms with E-state index in [2.05, 4.69) is 28.4 Å². The van der Waals surface area contributed by atoms with E-state index in [0.29, 0.717) is 27.0 Å². The van der Waals surface area contributed by atoms with Crippen molar-refractivity contribution in [3.05, 3.63) is 84.3 Å². The van der Waals surface area contributed by atoms with Crippen molar-refractivity contribution < 1.29 is 22.4 Å². The molecule has 2 aromatic carbocycles. The molecule has 0 aliphatic heterocycles. The van der Waals surface area contributed by atoms with Gasteiger partial charge in [0.05, 0.1) is 22.2 Å². The average Bonchev–Trinajstić information content (AvgIpc) is 3.42. The van der Waals surface area contributed by atoms with Crippen molar-refractivity contribution in [2.24, 2.45) is 0 Å². The van der Waals surface area contributed by atoms with Crippen LogP contribution in [0.4, 0.5) is 4.79 Å². The van der Waals surface area contributed by atoms with Gasteiger partial charge in [-0.25, -0.2) is 4.79 Å². The Labute approximate surface area is 207 Å². The first-order valence-corrected chi connectivity index (χ1v) is 12.4. The maximum absolute atomic E-state index is 13.1. The van der Waals surface area contributed by atoms with Crippen LogP contribution in [0.2, 0.25) is 0 Å². The second-order valence-electron chi connectivity index (χ2n) is 7.53. The largest absolute Gasteiger partial charge is 0.464 e. The van der Waals surface area contributed by atoms with E-state index in [4.69, 9.17) is 4.42 Å². The molecule has 0 atom stereocenters. The van der Waals surface area contributed by atoms with Crippen molar-refractivity contribution in [2.45, 2.75) is 11.3 Å². The molecule has 11 heteroatoms. The third kappa shape index (κ3) is 5.15. The van der Waals surface area contributed by atoms with Gasteiger partial charge >= 0.3 is 6.03 Å². The first kappa shape index (κ1) is 24.3. The molecule has 0 saturated carbocycles. The molecule has 2 heterocycles. The Balaban J connectivity index is 1.54. The van der Waals surface area contributed by atoms with Gasteiger partial charge in [-0.1, -0.05) is 24.3 Å². The highest BCUT2D eigenvalue weighted by Gasteiger charge is 2.30. The van der Waals surface area contributed by atoms with Gasteiger partial charge in [-0.3, -0.25) is 9.78 Å². The number of urea groups is 1. The van der Waals surface area contributed by atoms with Gasteiger partial charge in [0.1, 0.15) is 5.76 Å². The standard InChI is InChI=1S/C24H22N4O5S2/c1-25-24(30)28(34)35(31,32)22-13-16(8-9-19(22)21-7-4-12-33-21)10-11-26-23(29)18-14-17-5-2-3-6-20(17)27-15-18/h2-9,12-15,34H,10-11H2,1H3,(H,25,30)(H,26,29). The fourth-order valence-corrected chi connectivity index (χ4v) is 5.09. The fourth-order valence-electron chi connectivity index (χ4n) is 3.49. The minimum absolute atomic E-state index is 0.145. The van der Waals surface area contributed by atoms with Gasteiger partial charge in [0.25, 0.3) is 15.9 Å². The van der Waals surface area contributed by atoms with Gasteiger partial charge < -0.3 is 15.1 Å². The minimum atomic E-state index is -4.30. The monoisotopic (exact) mass is 510 g/mol. The van der Waals surface area contributed by atoms with Crippen molar-refractivity contribution in [1.82, 2.24) is 19.3 Å². The molecule has 0 saturated heterocycles. The number of pyridine rings is 1. The Bertz CT molecular complexity index is 1490. The number of rotatable bonds is 7. The summed E-state index contributed by atoms with van der Waals surface area (Å²) in [6.07, 6.45) is 3.29. The zero-order chi connectivity index (χ0) is 25.0. The Morgan fingerprint density at radius 3 is 2.63 bits per heavy atom. The third-order valence-corrected chi connectivity index (χ3v) is 7.62. The van der Waals surface area contributed by atoms with Crippen LogP contribution in [-0.2, 0) is 16.4 Å². The van der Waals surface area contributed by atoms with Gasteiger partial charge in [0.2, 0.25) is 0 Å². The Hall–Kier alpha value is -3.83. The molecule has 0 aliphatic rings. The number of fused-ring (bicyclic) bond motifs is 1. The van der Waals surface area contributed by atoms with Crippen molar-refractivity contribution in [3.8, 4) is 11.3 Å². The fraction of sp³-hybridized carbons (Fsp3) is 0.125. The zero-order valence-electron chi connectivity index (χ0n) is 18.6.